The fraction of sp³-hybridized carbons (Fsp3) is 0.0833. The lowest BCUT2D eigenvalue weighted by Crippen LogP contribution is -2.13. The van der Waals surface area contributed by atoms with Crippen molar-refractivity contribution in [3.8, 4) is 23.3 Å². The highest BCUT2D eigenvalue weighted by Crippen LogP contribution is 2.41. The second kappa shape index (κ2) is 12.4. The maximum absolute atomic E-state index is 12.7. The van der Waals surface area contributed by atoms with Crippen molar-refractivity contribution in [3.05, 3.63) is 99.6 Å². The van der Waals surface area contributed by atoms with E-state index in [4.69, 9.17) is 9.47 Å². The normalized spacial score (nSPS) is 10.7. The number of nitrogens with zero attached hydrogens (tertiary/aromatic N) is 4. The molecule has 0 bridgehead atoms. The van der Waals surface area contributed by atoms with Gasteiger partial charge < -0.3 is 14.8 Å². The monoisotopic (exact) mass is 645 g/mol. The Morgan fingerprint density at radius 2 is 1.69 bits per heavy atom. The second-order valence-corrected chi connectivity index (χ2v) is 8.62. The number of hydrogen-bond donors (Lipinski definition) is 1. The summed E-state index contributed by atoms with van der Waals surface area (Å²) in [4.78, 5) is 43.9. The van der Waals surface area contributed by atoms with Crippen LogP contribution in [0.15, 0.2) is 60.2 Å². The number of nitro benzene ring substituents is 3. The zero-order valence-corrected chi connectivity index (χ0v) is 22.0. The van der Waals surface area contributed by atoms with Crippen LogP contribution in [0.25, 0.3) is 6.08 Å². The molecule has 0 aliphatic carbocycles. The zero-order valence-electron chi connectivity index (χ0n) is 19.8. The van der Waals surface area contributed by atoms with Gasteiger partial charge in [0.15, 0.2) is 11.5 Å². The van der Waals surface area contributed by atoms with Crippen LogP contribution in [0, 0.1) is 45.2 Å². The molecule has 3 aromatic rings. The Morgan fingerprint density at radius 3 is 2.31 bits per heavy atom. The minimum atomic E-state index is -0.814. The molecule has 0 aliphatic heterocycles. The highest BCUT2D eigenvalue weighted by molar-refractivity contribution is 14.1. The summed E-state index contributed by atoms with van der Waals surface area (Å²) in [5, 5.41) is 45.5. The van der Waals surface area contributed by atoms with Gasteiger partial charge in [-0.1, -0.05) is 6.07 Å². The van der Waals surface area contributed by atoms with Crippen LogP contribution in [0.2, 0.25) is 0 Å². The molecule has 0 aromatic heterocycles. The number of rotatable bonds is 10. The molecule has 0 heterocycles. The van der Waals surface area contributed by atoms with Gasteiger partial charge in [-0.15, -0.1) is 0 Å². The Morgan fingerprint density at radius 1 is 1.00 bits per heavy atom. The number of anilines is 1. The molecule has 1 N–H and O–H groups in total. The summed E-state index contributed by atoms with van der Waals surface area (Å²) in [5.41, 5.74) is -1.21. The summed E-state index contributed by atoms with van der Waals surface area (Å²) < 4.78 is 11.7. The maximum atomic E-state index is 12.7. The Kier molecular flexibility index (Phi) is 9.07. The minimum Gasteiger partial charge on any atom is -0.490 e. The van der Waals surface area contributed by atoms with Gasteiger partial charge in [0.2, 0.25) is 5.75 Å². The molecule has 0 unspecified atom stereocenters. The van der Waals surface area contributed by atoms with E-state index in [1.807, 2.05) is 22.6 Å². The van der Waals surface area contributed by atoms with Crippen molar-refractivity contribution in [2.75, 3.05) is 11.9 Å². The Bertz CT molecular complexity index is 1570. The van der Waals surface area contributed by atoms with Gasteiger partial charge >= 0.3 is 5.69 Å². The van der Waals surface area contributed by atoms with Crippen LogP contribution < -0.4 is 14.8 Å². The first kappa shape index (κ1) is 28.5. The van der Waals surface area contributed by atoms with E-state index < -0.39 is 32.1 Å². The number of carbonyl (C=O) groups excluding carboxylic acids is 1. The standard InChI is InChI=1S/C24H16IN5O9/c1-2-38-22-10-14(8-15(13-26)24(31)27-16-4-3-5-17(11-16)28(32)33)9-19(25)23(22)39-21-7-6-18(29(34)35)12-20(21)30(36)37/h3-12H,2H2,1H3,(H,27,31)/b15-8+. The smallest absolute Gasteiger partial charge is 0.318 e. The van der Waals surface area contributed by atoms with Gasteiger partial charge in [-0.25, -0.2) is 0 Å². The molecule has 15 heteroatoms. The Balaban J connectivity index is 1.97. The quantitative estimate of drug-likeness (QED) is 0.0930. The van der Waals surface area contributed by atoms with E-state index in [1.165, 1.54) is 36.4 Å². The van der Waals surface area contributed by atoms with Gasteiger partial charge in [0.25, 0.3) is 17.3 Å². The fourth-order valence-corrected chi connectivity index (χ4v) is 3.94. The van der Waals surface area contributed by atoms with Crippen LogP contribution in [-0.2, 0) is 4.79 Å². The topological polar surface area (TPSA) is 201 Å². The molecular formula is C24H16IN5O9. The lowest BCUT2D eigenvalue weighted by molar-refractivity contribution is -0.394. The SMILES string of the molecule is CCOc1cc(/C=C(\C#N)C(=O)Nc2cccc([N+](=O)[O-])c2)cc(I)c1Oc1ccc([N+](=O)[O-])cc1[N+](=O)[O-]. The third-order valence-corrected chi connectivity index (χ3v) is 5.69. The number of hydrogen-bond acceptors (Lipinski definition) is 10. The second-order valence-electron chi connectivity index (χ2n) is 7.46. The summed E-state index contributed by atoms with van der Waals surface area (Å²) >= 11 is 1.87. The number of halogens is 1. The number of non-ortho nitro benzene ring substituents is 2. The molecule has 14 nitrogen and oxygen atoms in total. The molecule has 0 aliphatic rings. The number of nitriles is 1. The first-order valence-corrected chi connectivity index (χ1v) is 11.9. The lowest BCUT2D eigenvalue weighted by atomic mass is 10.1. The van der Waals surface area contributed by atoms with E-state index in [2.05, 4.69) is 5.32 Å². The lowest BCUT2D eigenvalue weighted by Gasteiger charge is -2.14. The van der Waals surface area contributed by atoms with Gasteiger partial charge in [0, 0.05) is 23.9 Å². The van der Waals surface area contributed by atoms with E-state index in [0.717, 1.165) is 24.3 Å². The molecule has 0 saturated heterocycles. The average Bonchev–Trinajstić information content (AvgIpc) is 2.89. The van der Waals surface area contributed by atoms with Crippen LogP contribution in [0.1, 0.15) is 12.5 Å². The van der Waals surface area contributed by atoms with Crippen molar-refractivity contribution in [1.29, 1.82) is 5.26 Å². The molecule has 0 radical (unpaired) electrons. The third kappa shape index (κ3) is 7.01. The molecule has 0 saturated carbocycles. The number of nitro groups is 3. The predicted octanol–water partition coefficient (Wildman–Crippen LogP) is 5.75. The van der Waals surface area contributed by atoms with E-state index in [1.54, 1.807) is 13.0 Å². The van der Waals surface area contributed by atoms with Crippen LogP contribution in [0.5, 0.6) is 17.2 Å². The summed E-state index contributed by atoms with van der Waals surface area (Å²) in [6, 6.07) is 12.9. The predicted molar refractivity (Wildman–Crippen MR) is 145 cm³/mol. The molecular weight excluding hydrogens is 629 g/mol. The molecule has 0 spiro atoms. The van der Waals surface area contributed by atoms with Gasteiger partial charge in [0.1, 0.15) is 11.6 Å². The van der Waals surface area contributed by atoms with Crippen molar-refractivity contribution in [1.82, 2.24) is 0 Å². The van der Waals surface area contributed by atoms with E-state index in [0.29, 0.717) is 9.13 Å². The maximum Gasteiger partial charge on any atom is 0.318 e. The molecule has 1 amide bonds. The summed E-state index contributed by atoms with van der Waals surface area (Å²) in [6.45, 7) is 1.85. The molecule has 3 aromatic carbocycles. The first-order chi connectivity index (χ1) is 18.5. The zero-order chi connectivity index (χ0) is 28.7. The van der Waals surface area contributed by atoms with Gasteiger partial charge in [0.05, 0.1) is 31.0 Å². The largest absolute Gasteiger partial charge is 0.490 e. The summed E-state index contributed by atoms with van der Waals surface area (Å²) in [6.07, 6.45) is 1.26. The molecule has 39 heavy (non-hydrogen) atoms. The first-order valence-electron chi connectivity index (χ1n) is 10.8. The van der Waals surface area contributed by atoms with Crippen molar-refractivity contribution in [3.63, 3.8) is 0 Å². The van der Waals surface area contributed by atoms with Crippen LogP contribution in [0.3, 0.4) is 0 Å². The molecule has 0 atom stereocenters. The summed E-state index contributed by atoms with van der Waals surface area (Å²) in [7, 11) is 0. The Hall–Kier alpha value is -5.11. The third-order valence-electron chi connectivity index (χ3n) is 4.88. The van der Waals surface area contributed by atoms with Gasteiger partial charge in [-0.2, -0.15) is 5.26 Å². The van der Waals surface area contributed by atoms with Crippen LogP contribution in [-0.4, -0.2) is 27.3 Å². The molecule has 3 rings (SSSR count). The van der Waals surface area contributed by atoms with E-state index >= 15 is 0 Å². The molecule has 0 fully saturated rings. The van der Waals surface area contributed by atoms with Gasteiger partial charge in [-0.3, -0.25) is 35.1 Å². The Labute approximate surface area is 233 Å². The molecule has 198 valence electrons. The fourth-order valence-electron chi connectivity index (χ4n) is 3.20. The van der Waals surface area contributed by atoms with Crippen LogP contribution in [0.4, 0.5) is 22.7 Å². The highest BCUT2D eigenvalue weighted by atomic mass is 127. The van der Waals surface area contributed by atoms with Crippen molar-refractivity contribution >= 4 is 57.3 Å². The summed E-state index contributed by atoms with van der Waals surface area (Å²) in [5.74, 6) is -0.875. The van der Waals surface area contributed by atoms with E-state index in [9.17, 15) is 40.4 Å². The number of nitrogens with one attached hydrogen (secondary N) is 1. The minimum absolute atomic E-state index is 0.0751. The van der Waals surface area contributed by atoms with Crippen molar-refractivity contribution < 1.29 is 29.0 Å². The number of benzene rings is 3. The number of amides is 1. The highest BCUT2D eigenvalue weighted by Gasteiger charge is 2.24. The number of ether oxygens (including phenoxy) is 2. The van der Waals surface area contributed by atoms with Crippen molar-refractivity contribution in [2.45, 2.75) is 6.92 Å². The number of carbonyl (C=O) groups is 1. The van der Waals surface area contributed by atoms with Crippen LogP contribution >= 0.6 is 22.6 Å². The van der Waals surface area contributed by atoms with E-state index in [-0.39, 0.29) is 40.8 Å². The van der Waals surface area contributed by atoms with Gasteiger partial charge in [-0.05, 0) is 65.4 Å². The average molecular weight is 645 g/mol. The van der Waals surface area contributed by atoms with Crippen molar-refractivity contribution in [2.24, 2.45) is 0 Å².